The second-order valence-electron chi connectivity index (χ2n) is 5.57. The van der Waals surface area contributed by atoms with Gasteiger partial charge in [-0.25, -0.2) is 14.8 Å². The standard InChI is InChI=1S/C17H20N4O2/c1-12-8-9-18-16(20-12)13-4-6-14(7-5-13)21-17(22)19-11-15-3-2-10-23-15/h4-9,15H,2-3,10-11H2,1H3,(H2,19,21,22)/t15-/m0/s1. The Kier molecular flexibility index (Phi) is 4.83. The Morgan fingerprint density at radius 3 is 2.83 bits per heavy atom. The van der Waals surface area contributed by atoms with Gasteiger partial charge in [-0.15, -0.1) is 0 Å². The zero-order chi connectivity index (χ0) is 16.1. The highest BCUT2D eigenvalue weighted by atomic mass is 16.5. The van der Waals surface area contributed by atoms with Crippen LogP contribution in [0.1, 0.15) is 18.5 Å². The van der Waals surface area contributed by atoms with Crippen molar-refractivity contribution in [1.82, 2.24) is 15.3 Å². The summed E-state index contributed by atoms with van der Waals surface area (Å²) in [6, 6.07) is 9.10. The van der Waals surface area contributed by atoms with E-state index in [4.69, 9.17) is 4.74 Å². The SMILES string of the molecule is Cc1ccnc(-c2ccc(NC(=O)NC[C@@H]3CCCO3)cc2)n1. The molecule has 1 saturated heterocycles. The smallest absolute Gasteiger partial charge is 0.319 e. The third-order valence-electron chi connectivity index (χ3n) is 3.71. The molecule has 6 heteroatoms. The van der Waals surface area contributed by atoms with E-state index < -0.39 is 0 Å². The van der Waals surface area contributed by atoms with E-state index in [1.807, 2.05) is 37.3 Å². The molecule has 23 heavy (non-hydrogen) atoms. The van der Waals surface area contributed by atoms with E-state index >= 15 is 0 Å². The first kappa shape index (κ1) is 15.4. The summed E-state index contributed by atoms with van der Waals surface area (Å²) in [7, 11) is 0. The minimum atomic E-state index is -0.222. The van der Waals surface area contributed by atoms with Crippen molar-refractivity contribution >= 4 is 11.7 Å². The zero-order valence-electron chi connectivity index (χ0n) is 13.1. The molecule has 2 aromatic rings. The van der Waals surface area contributed by atoms with E-state index in [1.165, 1.54) is 0 Å². The lowest BCUT2D eigenvalue weighted by molar-refractivity contribution is 0.112. The molecule has 2 amide bonds. The molecule has 6 nitrogen and oxygen atoms in total. The van der Waals surface area contributed by atoms with Crippen LogP contribution in [0.5, 0.6) is 0 Å². The molecule has 0 spiro atoms. The zero-order valence-corrected chi connectivity index (χ0v) is 13.1. The Morgan fingerprint density at radius 2 is 2.13 bits per heavy atom. The van der Waals surface area contributed by atoms with Gasteiger partial charge < -0.3 is 15.4 Å². The molecule has 1 aromatic heterocycles. The summed E-state index contributed by atoms with van der Waals surface area (Å²) >= 11 is 0. The highest BCUT2D eigenvalue weighted by Crippen LogP contribution is 2.18. The van der Waals surface area contributed by atoms with Gasteiger partial charge in [0.05, 0.1) is 6.10 Å². The van der Waals surface area contributed by atoms with Crippen molar-refractivity contribution in [1.29, 1.82) is 0 Å². The number of nitrogens with one attached hydrogen (secondary N) is 2. The lowest BCUT2D eigenvalue weighted by Gasteiger charge is -2.12. The van der Waals surface area contributed by atoms with Crippen LogP contribution in [-0.4, -0.2) is 35.3 Å². The topological polar surface area (TPSA) is 76.1 Å². The number of carbonyl (C=O) groups excluding carboxylic acids is 1. The van der Waals surface area contributed by atoms with Gasteiger partial charge in [-0.2, -0.15) is 0 Å². The summed E-state index contributed by atoms with van der Waals surface area (Å²) in [5, 5.41) is 5.64. The van der Waals surface area contributed by atoms with E-state index in [2.05, 4.69) is 20.6 Å². The lowest BCUT2D eigenvalue weighted by Crippen LogP contribution is -2.34. The van der Waals surface area contributed by atoms with Crippen LogP contribution in [0, 0.1) is 6.92 Å². The van der Waals surface area contributed by atoms with Crippen LogP contribution in [0.3, 0.4) is 0 Å². The van der Waals surface area contributed by atoms with Crippen LogP contribution in [0.25, 0.3) is 11.4 Å². The number of hydrogen-bond donors (Lipinski definition) is 2. The molecule has 1 aliphatic rings. The minimum Gasteiger partial charge on any atom is -0.376 e. The number of carbonyl (C=O) groups is 1. The van der Waals surface area contributed by atoms with Crippen molar-refractivity contribution in [3.63, 3.8) is 0 Å². The van der Waals surface area contributed by atoms with Crippen LogP contribution in [0.2, 0.25) is 0 Å². The molecular formula is C17H20N4O2. The highest BCUT2D eigenvalue weighted by Gasteiger charge is 2.16. The van der Waals surface area contributed by atoms with Gasteiger partial charge >= 0.3 is 6.03 Å². The summed E-state index contributed by atoms with van der Waals surface area (Å²) in [5.74, 6) is 0.680. The number of urea groups is 1. The maximum Gasteiger partial charge on any atom is 0.319 e. The second-order valence-corrected chi connectivity index (χ2v) is 5.57. The van der Waals surface area contributed by atoms with Crippen molar-refractivity contribution in [2.45, 2.75) is 25.9 Å². The van der Waals surface area contributed by atoms with Gasteiger partial charge in [-0.1, -0.05) is 0 Å². The number of rotatable bonds is 4. The van der Waals surface area contributed by atoms with Gasteiger partial charge in [0, 0.05) is 36.3 Å². The number of hydrogen-bond acceptors (Lipinski definition) is 4. The van der Waals surface area contributed by atoms with Gasteiger partial charge in [-0.05, 0) is 50.1 Å². The molecule has 2 heterocycles. The Hall–Kier alpha value is -2.47. The van der Waals surface area contributed by atoms with E-state index in [9.17, 15) is 4.79 Å². The average molecular weight is 312 g/mol. The third-order valence-corrected chi connectivity index (χ3v) is 3.71. The van der Waals surface area contributed by atoms with E-state index in [-0.39, 0.29) is 12.1 Å². The number of benzene rings is 1. The van der Waals surface area contributed by atoms with Crippen LogP contribution in [0.4, 0.5) is 10.5 Å². The van der Waals surface area contributed by atoms with Crippen molar-refractivity contribution < 1.29 is 9.53 Å². The molecule has 0 radical (unpaired) electrons. The lowest BCUT2D eigenvalue weighted by atomic mass is 10.2. The Balaban J connectivity index is 1.55. The van der Waals surface area contributed by atoms with Crippen LogP contribution >= 0.6 is 0 Å². The van der Waals surface area contributed by atoms with Gasteiger partial charge in [0.1, 0.15) is 0 Å². The molecule has 1 atom stereocenters. The number of ether oxygens (including phenoxy) is 1. The Labute approximate surface area is 135 Å². The molecule has 2 N–H and O–H groups in total. The first-order valence-electron chi connectivity index (χ1n) is 7.77. The summed E-state index contributed by atoms with van der Waals surface area (Å²) in [5.41, 5.74) is 2.57. The summed E-state index contributed by atoms with van der Waals surface area (Å²) in [6.07, 6.45) is 3.95. The molecule has 0 saturated carbocycles. The molecular weight excluding hydrogens is 292 g/mol. The average Bonchev–Trinajstić information content (AvgIpc) is 3.07. The van der Waals surface area contributed by atoms with Crippen LogP contribution in [-0.2, 0) is 4.74 Å². The van der Waals surface area contributed by atoms with Crippen LogP contribution in [0.15, 0.2) is 36.5 Å². The first-order valence-corrected chi connectivity index (χ1v) is 7.77. The number of aryl methyl sites for hydroxylation is 1. The van der Waals surface area contributed by atoms with Crippen molar-refractivity contribution in [3.8, 4) is 11.4 Å². The largest absolute Gasteiger partial charge is 0.376 e. The van der Waals surface area contributed by atoms with Crippen LogP contribution < -0.4 is 10.6 Å². The third kappa shape index (κ3) is 4.26. The minimum absolute atomic E-state index is 0.140. The fraction of sp³-hybridized carbons (Fsp3) is 0.353. The molecule has 0 unspecified atom stereocenters. The predicted molar refractivity (Wildman–Crippen MR) is 88.2 cm³/mol. The van der Waals surface area contributed by atoms with Gasteiger partial charge in [0.2, 0.25) is 0 Å². The van der Waals surface area contributed by atoms with Crippen molar-refractivity contribution in [2.75, 3.05) is 18.5 Å². The molecule has 0 aliphatic carbocycles. The molecule has 1 fully saturated rings. The van der Waals surface area contributed by atoms with Gasteiger partial charge in [0.25, 0.3) is 0 Å². The number of amides is 2. The van der Waals surface area contributed by atoms with E-state index in [0.29, 0.717) is 12.4 Å². The molecule has 3 rings (SSSR count). The van der Waals surface area contributed by atoms with Gasteiger partial charge in [-0.3, -0.25) is 0 Å². The summed E-state index contributed by atoms with van der Waals surface area (Å²) in [6.45, 7) is 3.26. The molecule has 1 aliphatic heterocycles. The predicted octanol–water partition coefficient (Wildman–Crippen LogP) is 2.75. The fourth-order valence-corrected chi connectivity index (χ4v) is 2.48. The molecule has 120 valence electrons. The maximum atomic E-state index is 11.9. The highest BCUT2D eigenvalue weighted by molar-refractivity contribution is 5.89. The second kappa shape index (κ2) is 7.19. The first-order chi connectivity index (χ1) is 11.2. The Morgan fingerprint density at radius 1 is 1.30 bits per heavy atom. The summed E-state index contributed by atoms with van der Waals surface area (Å²) < 4.78 is 5.47. The quantitative estimate of drug-likeness (QED) is 0.910. The number of anilines is 1. The van der Waals surface area contributed by atoms with E-state index in [1.54, 1.807) is 6.20 Å². The fourth-order valence-electron chi connectivity index (χ4n) is 2.48. The molecule has 0 bridgehead atoms. The molecule has 1 aromatic carbocycles. The van der Waals surface area contributed by atoms with Crippen molar-refractivity contribution in [3.05, 3.63) is 42.2 Å². The summed E-state index contributed by atoms with van der Waals surface area (Å²) in [4.78, 5) is 20.5. The van der Waals surface area contributed by atoms with Gasteiger partial charge in [0.15, 0.2) is 5.82 Å². The Bertz CT molecular complexity index is 667. The van der Waals surface area contributed by atoms with E-state index in [0.717, 1.165) is 36.4 Å². The maximum absolute atomic E-state index is 11.9. The van der Waals surface area contributed by atoms with Crippen molar-refractivity contribution in [2.24, 2.45) is 0 Å². The number of aromatic nitrogens is 2. The number of nitrogens with zero attached hydrogens (tertiary/aromatic N) is 2. The monoisotopic (exact) mass is 312 g/mol. The normalized spacial score (nSPS) is 17.0.